The van der Waals surface area contributed by atoms with Gasteiger partial charge in [0.05, 0.1) is 12.7 Å². The molecular formula is C18H17ClFNO4. The lowest BCUT2D eigenvalue weighted by Gasteiger charge is -2.15. The van der Waals surface area contributed by atoms with Crippen LogP contribution in [0.15, 0.2) is 36.4 Å². The SMILES string of the molecule is COc1ccc(C(=O)O[C@@H](C)C(=O)Nc2cccc(Cl)c2C)c(F)c1. The minimum atomic E-state index is -1.12. The molecule has 0 aromatic heterocycles. The third-order valence-corrected chi connectivity index (χ3v) is 3.98. The molecule has 1 N–H and O–H groups in total. The number of benzene rings is 2. The number of esters is 1. The Kier molecular flexibility index (Phi) is 5.98. The zero-order valence-electron chi connectivity index (χ0n) is 13.9. The van der Waals surface area contributed by atoms with Crippen LogP contribution in [0.3, 0.4) is 0 Å². The van der Waals surface area contributed by atoms with Crippen molar-refractivity contribution in [2.45, 2.75) is 20.0 Å². The summed E-state index contributed by atoms with van der Waals surface area (Å²) < 4.78 is 23.8. The predicted molar refractivity (Wildman–Crippen MR) is 92.6 cm³/mol. The molecule has 0 saturated heterocycles. The molecule has 0 aliphatic heterocycles. The number of halogens is 2. The molecule has 7 heteroatoms. The highest BCUT2D eigenvalue weighted by Gasteiger charge is 2.22. The lowest BCUT2D eigenvalue weighted by atomic mass is 10.2. The molecule has 0 aliphatic carbocycles. The van der Waals surface area contributed by atoms with Crippen molar-refractivity contribution >= 4 is 29.2 Å². The number of ether oxygens (including phenoxy) is 2. The third-order valence-electron chi connectivity index (χ3n) is 3.57. The number of rotatable bonds is 5. The highest BCUT2D eigenvalue weighted by molar-refractivity contribution is 6.31. The van der Waals surface area contributed by atoms with Crippen molar-refractivity contribution in [2.24, 2.45) is 0 Å². The topological polar surface area (TPSA) is 64.6 Å². The van der Waals surface area contributed by atoms with Crippen molar-refractivity contribution in [3.63, 3.8) is 0 Å². The summed E-state index contributed by atoms with van der Waals surface area (Å²) in [4.78, 5) is 24.2. The summed E-state index contributed by atoms with van der Waals surface area (Å²) in [6.07, 6.45) is -1.12. The average Bonchev–Trinajstić information content (AvgIpc) is 2.58. The van der Waals surface area contributed by atoms with E-state index >= 15 is 0 Å². The lowest BCUT2D eigenvalue weighted by molar-refractivity contribution is -0.123. The van der Waals surface area contributed by atoms with Crippen molar-refractivity contribution in [3.05, 3.63) is 58.4 Å². The zero-order chi connectivity index (χ0) is 18.6. The van der Waals surface area contributed by atoms with E-state index in [0.29, 0.717) is 16.3 Å². The van der Waals surface area contributed by atoms with Crippen LogP contribution >= 0.6 is 11.6 Å². The Balaban J connectivity index is 2.05. The molecule has 132 valence electrons. The highest BCUT2D eigenvalue weighted by atomic mass is 35.5. The molecule has 0 radical (unpaired) electrons. The van der Waals surface area contributed by atoms with Gasteiger partial charge in [-0.15, -0.1) is 0 Å². The third kappa shape index (κ3) is 4.48. The van der Waals surface area contributed by atoms with Crippen molar-refractivity contribution in [1.29, 1.82) is 0 Å². The van der Waals surface area contributed by atoms with Crippen LogP contribution in [0, 0.1) is 12.7 Å². The minimum Gasteiger partial charge on any atom is -0.497 e. The van der Waals surface area contributed by atoms with Gasteiger partial charge in [-0.05, 0) is 43.7 Å². The second-order valence-electron chi connectivity index (χ2n) is 5.29. The largest absolute Gasteiger partial charge is 0.497 e. The molecule has 0 aliphatic rings. The molecular weight excluding hydrogens is 349 g/mol. The van der Waals surface area contributed by atoms with E-state index in [9.17, 15) is 14.0 Å². The molecule has 5 nitrogen and oxygen atoms in total. The Morgan fingerprint density at radius 3 is 2.60 bits per heavy atom. The predicted octanol–water partition coefficient (Wildman–Crippen LogP) is 3.98. The van der Waals surface area contributed by atoms with Crippen LogP contribution in [-0.4, -0.2) is 25.1 Å². The van der Waals surface area contributed by atoms with Crippen LogP contribution in [-0.2, 0) is 9.53 Å². The monoisotopic (exact) mass is 365 g/mol. The van der Waals surface area contributed by atoms with E-state index in [1.165, 1.54) is 26.2 Å². The normalized spacial score (nSPS) is 11.6. The van der Waals surface area contributed by atoms with Gasteiger partial charge in [-0.3, -0.25) is 4.79 Å². The Bertz CT molecular complexity index is 810. The Hall–Kier alpha value is -2.60. The van der Waals surface area contributed by atoms with E-state index in [2.05, 4.69) is 5.32 Å². The van der Waals surface area contributed by atoms with Crippen molar-refractivity contribution in [3.8, 4) is 5.75 Å². The molecule has 0 bridgehead atoms. The van der Waals surface area contributed by atoms with Gasteiger partial charge in [0.25, 0.3) is 5.91 Å². The summed E-state index contributed by atoms with van der Waals surface area (Å²) in [5.41, 5.74) is 0.924. The van der Waals surface area contributed by atoms with Gasteiger partial charge in [0.15, 0.2) is 6.10 Å². The first kappa shape index (κ1) is 18.7. The summed E-state index contributed by atoms with van der Waals surface area (Å²) in [6, 6.07) is 8.80. The average molecular weight is 366 g/mol. The Morgan fingerprint density at radius 1 is 1.24 bits per heavy atom. The van der Waals surface area contributed by atoms with Crippen LogP contribution in [0.25, 0.3) is 0 Å². The number of hydrogen-bond acceptors (Lipinski definition) is 4. The Labute approximate surface area is 149 Å². The molecule has 2 aromatic rings. The number of carbonyl (C=O) groups is 2. The van der Waals surface area contributed by atoms with Crippen LogP contribution < -0.4 is 10.1 Å². The van der Waals surface area contributed by atoms with Gasteiger partial charge in [-0.1, -0.05) is 17.7 Å². The van der Waals surface area contributed by atoms with E-state index in [-0.39, 0.29) is 11.3 Å². The fourth-order valence-corrected chi connectivity index (χ4v) is 2.22. The number of hydrogen-bond donors (Lipinski definition) is 1. The summed E-state index contributed by atoms with van der Waals surface area (Å²) in [7, 11) is 1.39. The summed E-state index contributed by atoms with van der Waals surface area (Å²) in [5, 5.41) is 3.13. The maximum Gasteiger partial charge on any atom is 0.341 e. The fraction of sp³-hybridized carbons (Fsp3) is 0.222. The smallest absolute Gasteiger partial charge is 0.341 e. The molecule has 25 heavy (non-hydrogen) atoms. The van der Waals surface area contributed by atoms with E-state index in [1.54, 1.807) is 25.1 Å². The van der Waals surface area contributed by atoms with E-state index in [0.717, 1.165) is 6.07 Å². The number of methoxy groups -OCH3 is 1. The standard InChI is InChI=1S/C18H17ClFNO4/c1-10-14(19)5-4-6-16(10)21-17(22)11(2)25-18(23)13-8-7-12(24-3)9-15(13)20/h4-9,11H,1-3H3,(H,21,22)/t11-/m0/s1. The van der Waals surface area contributed by atoms with Crippen molar-refractivity contribution in [1.82, 2.24) is 0 Å². The van der Waals surface area contributed by atoms with Crippen LogP contribution in [0.5, 0.6) is 5.75 Å². The summed E-state index contributed by atoms with van der Waals surface area (Å²) in [6.45, 7) is 3.15. The molecule has 2 aromatic carbocycles. The van der Waals surface area contributed by atoms with Gasteiger partial charge in [0.1, 0.15) is 11.6 Å². The van der Waals surface area contributed by atoms with Gasteiger partial charge < -0.3 is 14.8 Å². The van der Waals surface area contributed by atoms with E-state index in [4.69, 9.17) is 21.1 Å². The summed E-state index contributed by atoms with van der Waals surface area (Å²) >= 11 is 5.99. The number of carbonyl (C=O) groups excluding carboxylic acids is 2. The second-order valence-corrected chi connectivity index (χ2v) is 5.70. The number of anilines is 1. The van der Waals surface area contributed by atoms with Crippen LogP contribution in [0.1, 0.15) is 22.8 Å². The first-order valence-electron chi connectivity index (χ1n) is 7.44. The fourth-order valence-electron chi connectivity index (χ4n) is 2.04. The Morgan fingerprint density at radius 2 is 1.96 bits per heavy atom. The molecule has 0 saturated carbocycles. The van der Waals surface area contributed by atoms with Gasteiger partial charge in [-0.2, -0.15) is 0 Å². The van der Waals surface area contributed by atoms with E-state index < -0.39 is 23.8 Å². The first-order valence-corrected chi connectivity index (χ1v) is 7.81. The van der Waals surface area contributed by atoms with Crippen molar-refractivity contribution in [2.75, 3.05) is 12.4 Å². The molecule has 0 fully saturated rings. The van der Waals surface area contributed by atoms with Gasteiger partial charge in [0.2, 0.25) is 0 Å². The number of nitrogens with one attached hydrogen (secondary N) is 1. The maximum atomic E-state index is 13.9. The molecule has 2 rings (SSSR count). The highest BCUT2D eigenvalue weighted by Crippen LogP contribution is 2.23. The molecule has 0 heterocycles. The summed E-state index contributed by atoms with van der Waals surface area (Å²) in [5.74, 6) is -2.00. The molecule has 0 spiro atoms. The van der Waals surface area contributed by atoms with Crippen LogP contribution in [0.2, 0.25) is 5.02 Å². The number of amides is 1. The quantitative estimate of drug-likeness (QED) is 0.814. The maximum absolute atomic E-state index is 13.9. The zero-order valence-corrected chi connectivity index (χ0v) is 14.7. The van der Waals surface area contributed by atoms with Gasteiger partial charge in [-0.25, -0.2) is 9.18 Å². The van der Waals surface area contributed by atoms with Gasteiger partial charge in [0, 0.05) is 16.8 Å². The van der Waals surface area contributed by atoms with Crippen LogP contribution in [0.4, 0.5) is 10.1 Å². The minimum absolute atomic E-state index is 0.274. The molecule has 1 atom stereocenters. The van der Waals surface area contributed by atoms with E-state index in [1.807, 2.05) is 0 Å². The van der Waals surface area contributed by atoms with Gasteiger partial charge >= 0.3 is 5.97 Å². The van der Waals surface area contributed by atoms with Crippen molar-refractivity contribution < 1.29 is 23.5 Å². The first-order chi connectivity index (χ1) is 11.8. The molecule has 0 unspecified atom stereocenters. The second kappa shape index (κ2) is 7.98. The molecule has 1 amide bonds. The lowest BCUT2D eigenvalue weighted by Crippen LogP contribution is -2.30.